The summed E-state index contributed by atoms with van der Waals surface area (Å²) in [6, 6.07) is 3.35. The maximum atomic E-state index is 13.3. The average molecular weight is 591 g/mol. The molecule has 4 unspecified atom stereocenters. The predicted molar refractivity (Wildman–Crippen MR) is 129 cm³/mol. The second-order valence-corrected chi connectivity index (χ2v) is 10.6. The summed E-state index contributed by atoms with van der Waals surface area (Å²) in [6.07, 6.45) is 3.87. The Balaban J connectivity index is 1.73. The van der Waals surface area contributed by atoms with E-state index in [1.54, 1.807) is 19.1 Å². The van der Waals surface area contributed by atoms with Crippen LogP contribution in [0.25, 0.3) is 0 Å². The minimum atomic E-state index is -0.604. The zero-order valence-corrected chi connectivity index (χ0v) is 21.6. The molecule has 2 amide bonds. The van der Waals surface area contributed by atoms with Gasteiger partial charge in [-0.25, -0.2) is 0 Å². The summed E-state index contributed by atoms with van der Waals surface area (Å²) in [4.78, 5) is 53.9. The number of halogens is 2. The van der Waals surface area contributed by atoms with Crippen LogP contribution < -0.4 is 4.74 Å². The molecule has 1 fully saturated rings. The zero-order valence-electron chi connectivity index (χ0n) is 18.4. The number of amides is 2. The van der Waals surface area contributed by atoms with Crippen LogP contribution in [0.2, 0.25) is 0 Å². The number of phenols is 1. The van der Waals surface area contributed by atoms with Gasteiger partial charge in [-0.05, 0) is 75.2 Å². The number of nitrogens with zero attached hydrogens (tertiary/aromatic N) is 1. The molecule has 1 saturated heterocycles. The summed E-state index contributed by atoms with van der Waals surface area (Å²) in [5.41, 5.74) is 2.25. The molecule has 176 valence electrons. The number of allylic oxidation sites excluding steroid dienone is 6. The van der Waals surface area contributed by atoms with E-state index in [1.165, 1.54) is 18.1 Å². The first-order valence-corrected chi connectivity index (χ1v) is 12.6. The molecule has 0 aromatic heterocycles. The Labute approximate surface area is 212 Å². The molecule has 1 N–H and O–H groups in total. The van der Waals surface area contributed by atoms with E-state index in [2.05, 4.69) is 31.9 Å². The summed E-state index contributed by atoms with van der Waals surface area (Å²) in [6.45, 7) is 2.08. The van der Waals surface area contributed by atoms with E-state index in [9.17, 15) is 24.3 Å². The van der Waals surface area contributed by atoms with Gasteiger partial charge >= 0.3 is 0 Å². The first kappa shape index (κ1) is 23.2. The standard InChI is InChI=1S/C25H21Br2NO6/c1-3-28-24(32)12-5-4-11-13(20(12)25(28)33)8-14-21(17(29)9-16(27)22(14)30)19(11)10-6-15(26)23(31)18(7-10)34-2/h4,6-7,9,12-13,19-20,31H,3,5,8H2,1-2H3. The highest BCUT2D eigenvalue weighted by Crippen LogP contribution is 2.56. The lowest BCUT2D eigenvalue weighted by atomic mass is 9.59. The molecule has 4 aliphatic rings. The second kappa shape index (κ2) is 8.30. The lowest BCUT2D eigenvalue weighted by molar-refractivity contribution is -0.139. The first-order chi connectivity index (χ1) is 16.2. The van der Waals surface area contributed by atoms with Gasteiger partial charge in [0.05, 0.1) is 27.9 Å². The number of rotatable bonds is 3. The molecule has 0 saturated carbocycles. The molecule has 7 nitrogen and oxygen atoms in total. The Kier molecular flexibility index (Phi) is 5.67. The largest absolute Gasteiger partial charge is 0.503 e. The van der Waals surface area contributed by atoms with Gasteiger partial charge in [0, 0.05) is 29.7 Å². The molecule has 9 heteroatoms. The van der Waals surface area contributed by atoms with E-state index in [0.29, 0.717) is 34.1 Å². The van der Waals surface area contributed by atoms with Crippen LogP contribution in [-0.2, 0) is 19.2 Å². The topological polar surface area (TPSA) is 101 Å². The molecular weight excluding hydrogens is 570 g/mol. The first-order valence-electron chi connectivity index (χ1n) is 11.0. The fraction of sp³-hybridized carbons (Fsp3) is 0.360. The lowest BCUT2D eigenvalue weighted by Crippen LogP contribution is -2.39. The van der Waals surface area contributed by atoms with Crippen LogP contribution in [0.3, 0.4) is 0 Å². The van der Waals surface area contributed by atoms with Crippen molar-refractivity contribution in [1.29, 1.82) is 0 Å². The van der Waals surface area contributed by atoms with Crippen molar-refractivity contribution in [1.82, 2.24) is 4.90 Å². The quantitative estimate of drug-likeness (QED) is 0.325. The van der Waals surface area contributed by atoms with Gasteiger partial charge in [-0.15, -0.1) is 0 Å². The smallest absolute Gasteiger partial charge is 0.233 e. The number of methoxy groups -OCH3 is 1. The average Bonchev–Trinajstić information content (AvgIpc) is 3.07. The van der Waals surface area contributed by atoms with Gasteiger partial charge in [0.25, 0.3) is 0 Å². The van der Waals surface area contributed by atoms with Crippen LogP contribution in [0.1, 0.15) is 31.2 Å². The third-order valence-corrected chi connectivity index (χ3v) is 8.54. The van der Waals surface area contributed by atoms with E-state index >= 15 is 0 Å². The van der Waals surface area contributed by atoms with Crippen LogP contribution in [0.5, 0.6) is 11.5 Å². The van der Waals surface area contributed by atoms with Crippen molar-refractivity contribution in [2.45, 2.75) is 25.7 Å². The van der Waals surface area contributed by atoms with Crippen LogP contribution in [0.15, 0.2) is 50.0 Å². The van der Waals surface area contributed by atoms with Crippen LogP contribution >= 0.6 is 31.9 Å². The molecule has 1 aliphatic heterocycles. The molecule has 3 aliphatic carbocycles. The molecule has 0 bridgehead atoms. The summed E-state index contributed by atoms with van der Waals surface area (Å²) in [7, 11) is 1.43. The number of hydrogen-bond acceptors (Lipinski definition) is 6. The van der Waals surface area contributed by atoms with Crippen LogP contribution in [-0.4, -0.2) is 47.0 Å². The number of carbonyl (C=O) groups excluding carboxylic acids is 4. The Hall–Kier alpha value is -2.52. The predicted octanol–water partition coefficient (Wildman–Crippen LogP) is 3.95. The number of aromatic hydroxyl groups is 1. The minimum absolute atomic E-state index is 0.0747. The van der Waals surface area contributed by atoms with Gasteiger partial charge in [0.2, 0.25) is 11.8 Å². The number of Topliss-reactive ketones (excluding diaryl/α,β-unsaturated/α-hetero) is 1. The number of phenolic OH excluding ortho intramolecular Hbond substituents is 1. The Morgan fingerprint density at radius 2 is 1.85 bits per heavy atom. The summed E-state index contributed by atoms with van der Waals surface area (Å²) in [5.74, 6) is -2.83. The Morgan fingerprint density at radius 3 is 2.53 bits per heavy atom. The fourth-order valence-corrected chi connectivity index (χ4v) is 6.79. The Morgan fingerprint density at radius 1 is 1.12 bits per heavy atom. The normalized spacial score (nSPS) is 28.4. The number of ketones is 2. The molecule has 4 atom stereocenters. The number of ether oxygens (including phenoxy) is 1. The number of likely N-dealkylation sites (tertiary alicyclic amines) is 1. The van der Waals surface area contributed by atoms with Crippen LogP contribution in [0.4, 0.5) is 0 Å². The van der Waals surface area contributed by atoms with Crippen molar-refractivity contribution >= 4 is 55.2 Å². The maximum absolute atomic E-state index is 13.3. The Bertz CT molecular complexity index is 1280. The zero-order chi connectivity index (χ0) is 24.5. The maximum Gasteiger partial charge on any atom is 0.233 e. The third-order valence-electron chi connectivity index (χ3n) is 7.34. The number of carbonyl (C=O) groups is 4. The van der Waals surface area contributed by atoms with Crippen molar-refractivity contribution in [3.63, 3.8) is 0 Å². The highest BCUT2D eigenvalue weighted by atomic mass is 79.9. The van der Waals surface area contributed by atoms with E-state index in [4.69, 9.17) is 4.74 Å². The lowest BCUT2D eigenvalue weighted by Gasteiger charge is -2.42. The SMILES string of the molecule is CCN1C(=O)C2CC=C3C(c4cc(Br)c(O)c(OC)c4)C4=C(CC3C2C1=O)C(=O)C(Br)=CC4=O. The molecule has 1 aromatic rings. The monoisotopic (exact) mass is 589 g/mol. The highest BCUT2D eigenvalue weighted by Gasteiger charge is 2.56. The van der Waals surface area contributed by atoms with E-state index in [1.807, 2.05) is 6.08 Å². The van der Waals surface area contributed by atoms with Gasteiger partial charge < -0.3 is 9.84 Å². The molecule has 1 heterocycles. The number of fused-ring (bicyclic) bond motifs is 3. The summed E-state index contributed by atoms with van der Waals surface area (Å²) in [5, 5.41) is 10.3. The summed E-state index contributed by atoms with van der Waals surface area (Å²) < 4.78 is 5.90. The van der Waals surface area contributed by atoms with Crippen molar-refractivity contribution in [2.24, 2.45) is 17.8 Å². The molecule has 5 rings (SSSR count). The summed E-state index contributed by atoms with van der Waals surface area (Å²) >= 11 is 6.57. The van der Waals surface area contributed by atoms with Gasteiger partial charge in [0.15, 0.2) is 23.1 Å². The van der Waals surface area contributed by atoms with Crippen molar-refractivity contribution < 1.29 is 29.0 Å². The minimum Gasteiger partial charge on any atom is -0.503 e. The van der Waals surface area contributed by atoms with Gasteiger partial charge in [-0.3, -0.25) is 24.1 Å². The van der Waals surface area contributed by atoms with E-state index in [0.717, 1.165) is 5.57 Å². The van der Waals surface area contributed by atoms with Crippen molar-refractivity contribution in [3.8, 4) is 11.5 Å². The fourth-order valence-electron chi connectivity index (χ4n) is 5.88. The third kappa shape index (κ3) is 3.20. The van der Waals surface area contributed by atoms with E-state index in [-0.39, 0.29) is 51.7 Å². The second-order valence-electron chi connectivity index (χ2n) is 8.87. The molecule has 1 aromatic carbocycles. The van der Waals surface area contributed by atoms with Gasteiger partial charge in [0.1, 0.15) is 0 Å². The van der Waals surface area contributed by atoms with Crippen molar-refractivity contribution in [2.75, 3.05) is 13.7 Å². The molecule has 0 spiro atoms. The molecular formula is C25H21Br2NO6. The number of hydrogen-bond donors (Lipinski definition) is 1. The molecule has 34 heavy (non-hydrogen) atoms. The van der Waals surface area contributed by atoms with E-state index < -0.39 is 17.8 Å². The van der Waals surface area contributed by atoms with Gasteiger partial charge in [-0.2, -0.15) is 0 Å². The highest BCUT2D eigenvalue weighted by molar-refractivity contribution is 9.12. The number of imide groups is 1. The van der Waals surface area contributed by atoms with Crippen LogP contribution in [0, 0.1) is 17.8 Å². The molecule has 0 radical (unpaired) electrons. The van der Waals surface area contributed by atoms with Crippen molar-refractivity contribution in [3.05, 3.63) is 55.5 Å². The van der Waals surface area contributed by atoms with Gasteiger partial charge in [-0.1, -0.05) is 11.6 Å². The number of benzene rings is 1.